The van der Waals surface area contributed by atoms with Crippen LogP contribution in [-0.4, -0.2) is 10.9 Å². The van der Waals surface area contributed by atoms with E-state index in [2.05, 4.69) is 10.3 Å². The maximum atomic E-state index is 13.0. The van der Waals surface area contributed by atoms with Gasteiger partial charge >= 0.3 is 0 Å². The Morgan fingerprint density at radius 3 is 2.95 bits per heavy atom. The molecule has 1 N–H and O–H groups in total. The first-order chi connectivity index (χ1) is 9.72. The molecule has 0 atom stereocenters. The molecule has 0 radical (unpaired) electrons. The highest BCUT2D eigenvalue weighted by Crippen LogP contribution is 2.24. The molecule has 2 aromatic heterocycles. The van der Waals surface area contributed by atoms with Crippen LogP contribution in [0, 0.1) is 5.82 Å². The molecule has 0 bridgehead atoms. The zero-order chi connectivity index (χ0) is 13.9. The Labute approximate surface area is 117 Å². The molecule has 20 heavy (non-hydrogen) atoms. The molecule has 6 heteroatoms. The van der Waals surface area contributed by atoms with Crippen LogP contribution >= 0.6 is 11.3 Å². The molecule has 0 saturated carbocycles. The van der Waals surface area contributed by atoms with E-state index in [-0.39, 0.29) is 11.6 Å². The fraction of sp³-hybridized carbons (Fsp3) is 0. The van der Waals surface area contributed by atoms with E-state index in [0.29, 0.717) is 16.5 Å². The van der Waals surface area contributed by atoms with Crippen molar-refractivity contribution in [3.05, 3.63) is 59.6 Å². The van der Waals surface area contributed by atoms with Crippen LogP contribution in [-0.2, 0) is 0 Å². The minimum atomic E-state index is -0.405. The summed E-state index contributed by atoms with van der Waals surface area (Å²) < 4.78 is 18.2. The molecule has 0 aliphatic rings. The van der Waals surface area contributed by atoms with Gasteiger partial charge in [0.25, 0.3) is 5.91 Å². The van der Waals surface area contributed by atoms with Gasteiger partial charge in [0.2, 0.25) is 0 Å². The van der Waals surface area contributed by atoms with Crippen molar-refractivity contribution in [2.75, 3.05) is 5.32 Å². The second-order valence-corrected chi connectivity index (χ2v) is 4.84. The lowest BCUT2D eigenvalue weighted by molar-refractivity contribution is 0.102. The number of amides is 1. The van der Waals surface area contributed by atoms with Crippen LogP contribution in [0.25, 0.3) is 10.8 Å². The number of nitrogens with zero attached hydrogens (tertiary/aromatic N) is 1. The molecule has 2 heterocycles. The first-order valence-electron chi connectivity index (χ1n) is 5.79. The third kappa shape index (κ3) is 2.60. The normalized spacial score (nSPS) is 10.4. The molecule has 0 aliphatic heterocycles. The van der Waals surface area contributed by atoms with E-state index in [9.17, 15) is 9.18 Å². The molecule has 0 aliphatic carbocycles. The van der Waals surface area contributed by atoms with Gasteiger partial charge in [-0.3, -0.25) is 4.79 Å². The molecular formula is C14H9FN2O2S. The van der Waals surface area contributed by atoms with Crippen LogP contribution in [0.15, 0.2) is 52.5 Å². The minimum Gasteiger partial charge on any atom is -0.462 e. The van der Waals surface area contributed by atoms with Gasteiger partial charge in [-0.25, -0.2) is 9.37 Å². The second kappa shape index (κ2) is 5.26. The zero-order valence-corrected chi connectivity index (χ0v) is 11.0. The Morgan fingerprint density at radius 2 is 2.20 bits per heavy atom. The zero-order valence-electron chi connectivity index (χ0n) is 10.2. The van der Waals surface area contributed by atoms with Crippen LogP contribution in [0.4, 0.5) is 10.1 Å². The topological polar surface area (TPSA) is 55.1 Å². The number of aromatic nitrogens is 1. The van der Waals surface area contributed by atoms with Crippen LogP contribution in [0.3, 0.4) is 0 Å². The molecule has 0 unspecified atom stereocenters. The Morgan fingerprint density at radius 1 is 1.30 bits per heavy atom. The highest BCUT2D eigenvalue weighted by Gasteiger charge is 2.13. The fourth-order valence-corrected chi connectivity index (χ4v) is 2.42. The standard InChI is InChI=1S/C14H9FN2O2S/c15-9-3-1-4-10(7-9)16-13(18)11-8-20-14(17-11)12-5-2-6-19-12/h1-8H,(H,16,18). The van der Waals surface area contributed by atoms with Crippen molar-refractivity contribution < 1.29 is 13.6 Å². The van der Waals surface area contributed by atoms with Gasteiger partial charge in [0.05, 0.1) is 6.26 Å². The number of thiazole rings is 1. The number of carbonyl (C=O) groups is 1. The van der Waals surface area contributed by atoms with Gasteiger partial charge < -0.3 is 9.73 Å². The first-order valence-corrected chi connectivity index (χ1v) is 6.67. The van der Waals surface area contributed by atoms with E-state index in [1.54, 1.807) is 29.8 Å². The van der Waals surface area contributed by atoms with Gasteiger partial charge in [0.15, 0.2) is 10.8 Å². The van der Waals surface area contributed by atoms with E-state index in [4.69, 9.17) is 4.42 Å². The maximum absolute atomic E-state index is 13.0. The predicted molar refractivity (Wildman–Crippen MR) is 74.2 cm³/mol. The summed E-state index contributed by atoms with van der Waals surface area (Å²) in [5.74, 6) is -0.179. The van der Waals surface area contributed by atoms with Crippen molar-refractivity contribution in [1.82, 2.24) is 4.98 Å². The van der Waals surface area contributed by atoms with Gasteiger partial charge in [0.1, 0.15) is 11.5 Å². The van der Waals surface area contributed by atoms with Gasteiger partial charge in [-0.05, 0) is 30.3 Å². The highest BCUT2D eigenvalue weighted by molar-refractivity contribution is 7.13. The molecule has 1 aromatic carbocycles. The van der Waals surface area contributed by atoms with E-state index < -0.39 is 5.82 Å². The van der Waals surface area contributed by atoms with Crippen molar-refractivity contribution in [3.63, 3.8) is 0 Å². The average Bonchev–Trinajstić information content (AvgIpc) is 3.10. The largest absolute Gasteiger partial charge is 0.462 e. The quantitative estimate of drug-likeness (QED) is 0.797. The van der Waals surface area contributed by atoms with Gasteiger partial charge in [-0.1, -0.05) is 6.07 Å². The van der Waals surface area contributed by atoms with Gasteiger partial charge in [0, 0.05) is 11.1 Å². The monoisotopic (exact) mass is 288 g/mol. The van der Waals surface area contributed by atoms with Crippen molar-refractivity contribution in [3.8, 4) is 10.8 Å². The summed E-state index contributed by atoms with van der Waals surface area (Å²) >= 11 is 1.31. The van der Waals surface area contributed by atoms with E-state index in [0.717, 1.165) is 0 Å². The number of furan rings is 1. The number of benzene rings is 1. The third-order valence-corrected chi connectivity index (χ3v) is 3.41. The van der Waals surface area contributed by atoms with E-state index in [1.807, 2.05) is 0 Å². The van der Waals surface area contributed by atoms with Crippen molar-refractivity contribution in [1.29, 1.82) is 0 Å². The SMILES string of the molecule is O=C(Nc1cccc(F)c1)c1csc(-c2ccco2)n1. The van der Waals surface area contributed by atoms with Gasteiger partial charge in [-0.15, -0.1) is 11.3 Å². The second-order valence-electron chi connectivity index (χ2n) is 3.98. The van der Waals surface area contributed by atoms with Crippen LogP contribution in [0.5, 0.6) is 0 Å². The molecule has 0 spiro atoms. The smallest absolute Gasteiger partial charge is 0.275 e. The molecule has 4 nitrogen and oxygen atoms in total. The molecule has 100 valence electrons. The number of hydrogen-bond donors (Lipinski definition) is 1. The Kier molecular flexibility index (Phi) is 3.30. The fourth-order valence-electron chi connectivity index (χ4n) is 1.65. The van der Waals surface area contributed by atoms with E-state index >= 15 is 0 Å². The van der Waals surface area contributed by atoms with Crippen molar-refractivity contribution in [2.45, 2.75) is 0 Å². The minimum absolute atomic E-state index is 0.269. The molecule has 0 fully saturated rings. The van der Waals surface area contributed by atoms with Crippen LogP contribution in [0.2, 0.25) is 0 Å². The molecule has 0 saturated heterocycles. The Hall–Kier alpha value is -2.47. The predicted octanol–water partition coefficient (Wildman–Crippen LogP) is 3.79. The lowest BCUT2D eigenvalue weighted by Crippen LogP contribution is -2.12. The summed E-state index contributed by atoms with van der Waals surface area (Å²) in [5, 5.41) is 4.85. The lowest BCUT2D eigenvalue weighted by Gasteiger charge is -2.02. The summed E-state index contributed by atoms with van der Waals surface area (Å²) in [7, 11) is 0. The Bertz CT molecular complexity index is 737. The van der Waals surface area contributed by atoms with Crippen LogP contribution in [0.1, 0.15) is 10.5 Å². The Balaban J connectivity index is 1.78. The third-order valence-electron chi connectivity index (χ3n) is 2.55. The number of halogens is 1. The van der Waals surface area contributed by atoms with Crippen LogP contribution < -0.4 is 5.32 Å². The van der Waals surface area contributed by atoms with Gasteiger partial charge in [-0.2, -0.15) is 0 Å². The van der Waals surface area contributed by atoms with Crippen molar-refractivity contribution >= 4 is 22.9 Å². The first kappa shape index (κ1) is 12.6. The summed E-state index contributed by atoms with van der Waals surface area (Å²) in [6.07, 6.45) is 1.54. The summed E-state index contributed by atoms with van der Waals surface area (Å²) in [6, 6.07) is 9.22. The molecule has 3 rings (SSSR count). The van der Waals surface area contributed by atoms with Crippen molar-refractivity contribution in [2.24, 2.45) is 0 Å². The highest BCUT2D eigenvalue weighted by atomic mass is 32.1. The molecule has 1 amide bonds. The lowest BCUT2D eigenvalue weighted by atomic mass is 10.3. The number of carbonyl (C=O) groups excluding carboxylic acids is 1. The number of anilines is 1. The number of hydrogen-bond acceptors (Lipinski definition) is 4. The number of nitrogens with one attached hydrogen (secondary N) is 1. The number of rotatable bonds is 3. The summed E-state index contributed by atoms with van der Waals surface area (Å²) in [5.41, 5.74) is 0.660. The summed E-state index contributed by atoms with van der Waals surface area (Å²) in [4.78, 5) is 16.2. The molecular weight excluding hydrogens is 279 g/mol. The summed E-state index contributed by atoms with van der Waals surface area (Å²) in [6.45, 7) is 0. The average molecular weight is 288 g/mol. The maximum Gasteiger partial charge on any atom is 0.275 e. The molecule has 3 aromatic rings. The van der Waals surface area contributed by atoms with E-state index in [1.165, 1.54) is 29.5 Å².